The van der Waals surface area contributed by atoms with Crippen LogP contribution in [0, 0.1) is 0 Å². The third-order valence-electron chi connectivity index (χ3n) is 2.56. The summed E-state index contributed by atoms with van der Waals surface area (Å²) in [4.78, 5) is 11.1. The summed E-state index contributed by atoms with van der Waals surface area (Å²) < 4.78 is 26.7. The molecule has 0 unspecified atom stereocenters. The molecule has 1 amide bonds. The number of carbonyl (C=O) groups is 1. The molecule has 0 aliphatic rings. The predicted octanol–water partition coefficient (Wildman–Crippen LogP) is 1.31. The van der Waals surface area contributed by atoms with Gasteiger partial charge in [0.2, 0.25) is 15.9 Å². The summed E-state index contributed by atoms with van der Waals surface area (Å²) in [6.07, 6.45) is 0. The molecule has 21 heavy (non-hydrogen) atoms. The molecule has 1 rings (SSSR count). The molecule has 6 nitrogen and oxygen atoms in total. The van der Waals surface area contributed by atoms with Crippen LogP contribution in [0.2, 0.25) is 0 Å². The first-order valence-electron chi connectivity index (χ1n) is 6.72. The van der Waals surface area contributed by atoms with Gasteiger partial charge in [-0.25, -0.2) is 13.1 Å². The Labute approximate surface area is 126 Å². The molecule has 0 heterocycles. The van der Waals surface area contributed by atoms with E-state index in [1.54, 1.807) is 12.1 Å². The lowest BCUT2D eigenvalue weighted by atomic mass is 10.1. The number of carbonyl (C=O) groups excluding carboxylic acids is 1. The molecular formula is C14H23N3O3S. The summed E-state index contributed by atoms with van der Waals surface area (Å²) in [5, 5.41) is 5.79. The van der Waals surface area contributed by atoms with E-state index < -0.39 is 10.0 Å². The molecule has 0 fully saturated rings. The third kappa shape index (κ3) is 6.70. The van der Waals surface area contributed by atoms with Gasteiger partial charge in [0, 0.05) is 31.2 Å². The summed E-state index contributed by atoms with van der Waals surface area (Å²) >= 11 is 0. The SMILES string of the molecule is CC(=O)Nc1ccc(S(=O)(=O)NCCNC(C)(C)C)cc1. The van der Waals surface area contributed by atoms with Gasteiger partial charge in [0.1, 0.15) is 0 Å². The summed E-state index contributed by atoms with van der Waals surface area (Å²) in [5.74, 6) is -0.197. The van der Waals surface area contributed by atoms with Crippen molar-refractivity contribution in [3.05, 3.63) is 24.3 Å². The maximum absolute atomic E-state index is 12.1. The third-order valence-corrected chi connectivity index (χ3v) is 4.03. The van der Waals surface area contributed by atoms with E-state index in [1.165, 1.54) is 19.1 Å². The molecule has 0 saturated carbocycles. The number of amides is 1. The van der Waals surface area contributed by atoms with E-state index in [0.717, 1.165) is 0 Å². The zero-order chi connectivity index (χ0) is 16.1. The van der Waals surface area contributed by atoms with Crippen molar-refractivity contribution in [2.24, 2.45) is 0 Å². The van der Waals surface area contributed by atoms with E-state index in [1.807, 2.05) is 20.8 Å². The zero-order valence-electron chi connectivity index (χ0n) is 12.9. The second kappa shape index (κ2) is 7.02. The Hall–Kier alpha value is -1.44. The van der Waals surface area contributed by atoms with Gasteiger partial charge in [-0.05, 0) is 45.0 Å². The van der Waals surface area contributed by atoms with E-state index in [0.29, 0.717) is 18.8 Å². The Balaban J connectivity index is 2.60. The zero-order valence-corrected chi connectivity index (χ0v) is 13.7. The normalized spacial score (nSPS) is 12.2. The van der Waals surface area contributed by atoms with Gasteiger partial charge >= 0.3 is 0 Å². The quantitative estimate of drug-likeness (QED) is 0.691. The minimum absolute atomic E-state index is 0.0501. The lowest BCUT2D eigenvalue weighted by molar-refractivity contribution is -0.114. The number of hydrogen-bond acceptors (Lipinski definition) is 4. The highest BCUT2D eigenvalue weighted by molar-refractivity contribution is 7.89. The molecule has 118 valence electrons. The van der Waals surface area contributed by atoms with Crippen molar-refractivity contribution in [2.75, 3.05) is 18.4 Å². The second-order valence-corrected chi connectivity index (χ2v) is 7.55. The molecule has 0 spiro atoms. The van der Waals surface area contributed by atoms with Gasteiger partial charge in [0.05, 0.1) is 4.90 Å². The van der Waals surface area contributed by atoms with Gasteiger partial charge in [0.25, 0.3) is 0 Å². The molecule has 0 atom stereocenters. The number of sulfonamides is 1. The minimum atomic E-state index is -3.53. The summed E-state index contributed by atoms with van der Waals surface area (Å²) in [7, 11) is -3.53. The number of hydrogen-bond donors (Lipinski definition) is 3. The second-order valence-electron chi connectivity index (χ2n) is 5.78. The van der Waals surface area contributed by atoms with Gasteiger partial charge in [0.15, 0.2) is 0 Å². The van der Waals surface area contributed by atoms with Gasteiger partial charge in [-0.15, -0.1) is 0 Å². The first-order valence-corrected chi connectivity index (χ1v) is 8.21. The van der Waals surface area contributed by atoms with Crippen LogP contribution in [-0.2, 0) is 14.8 Å². The molecule has 0 bridgehead atoms. The Morgan fingerprint density at radius 1 is 1.10 bits per heavy atom. The van der Waals surface area contributed by atoms with Crippen molar-refractivity contribution < 1.29 is 13.2 Å². The summed E-state index contributed by atoms with van der Waals surface area (Å²) in [6.45, 7) is 8.31. The van der Waals surface area contributed by atoms with E-state index in [4.69, 9.17) is 0 Å². The van der Waals surface area contributed by atoms with Crippen LogP contribution in [0.15, 0.2) is 29.2 Å². The van der Waals surface area contributed by atoms with Crippen LogP contribution < -0.4 is 15.4 Å². The smallest absolute Gasteiger partial charge is 0.240 e. The summed E-state index contributed by atoms with van der Waals surface area (Å²) in [6, 6.07) is 6.04. The topological polar surface area (TPSA) is 87.3 Å². The predicted molar refractivity (Wildman–Crippen MR) is 83.7 cm³/mol. The summed E-state index contributed by atoms with van der Waals surface area (Å²) in [5.41, 5.74) is 0.515. The fourth-order valence-corrected chi connectivity index (χ4v) is 2.66. The number of anilines is 1. The molecular weight excluding hydrogens is 290 g/mol. The van der Waals surface area contributed by atoms with Gasteiger partial charge in [-0.3, -0.25) is 4.79 Å². The lowest BCUT2D eigenvalue weighted by Gasteiger charge is -2.20. The van der Waals surface area contributed by atoms with Crippen LogP contribution in [0.3, 0.4) is 0 Å². The van der Waals surface area contributed by atoms with E-state index in [2.05, 4.69) is 15.4 Å². The van der Waals surface area contributed by atoms with Crippen molar-refractivity contribution in [2.45, 2.75) is 38.1 Å². The van der Waals surface area contributed by atoms with Crippen LogP contribution in [0.4, 0.5) is 5.69 Å². The highest BCUT2D eigenvalue weighted by Crippen LogP contribution is 2.13. The van der Waals surface area contributed by atoms with Gasteiger partial charge in [-0.1, -0.05) is 0 Å². The van der Waals surface area contributed by atoms with Crippen LogP contribution in [0.5, 0.6) is 0 Å². The van der Waals surface area contributed by atoms with Gasteiger partial charge < -0.3 is 10.6 Å². The Kier molecular flexibility index (Phi) is 5.88. The van der Waals surface area contributed by atoms with E-state index >= 15 is 0 Å². The fraction of sp³-hybridized carbons (Fsp3) is 0.500. The molecule has 7 heteroatoms. The fourth-order valence-electron chi connectivity index (χ4n) is 1.63. The largest absolute Gasteiger partial charge is 0.326 e. The van der Waals surface area contributed by atoms with Crippen molar-refractivity contribution in [3.8, 4) is 0 Å². The highest BCUT2D eigenvalue weighted by Gasteiger charge is 2.14. The average Bonchev–Trinajstić information content (AvgIpc) is 2.33. The Bertz CT molecular complexity index is 574. The number of nitrogens with one attached hydrogen (secondary N) is 3. The van der Waals surface area contributed by atoms with E-state index in [9.17, 15) is 13.2 Å². The first-order chi connectivity index (χ1) is 9.60. The lowest BCUT2D eigenvalue weighted by Crippen LogP contribution is -2.41. The highest BCUT2D eigenvalue weighted by atomic mass is 32.2. The molecule has 0 aliphatic carbocycles. The average molecular weight is 313 g/mol. The maximum Gasteiger partial charge on any atom is 0.240 e. The molecule has 0 radical (unpaired) electrons. The Morgan fingerprint density at radius 2 is 1.67 bits per heavy atom. The van der Waals surface area contributed by atoms with Crippen molar-refractivity contribution in [1.29, 1.82) is 0 Å². The molecule has 1 aromatic rings. The maximum atomic E-state index is 12.1. The van der Waals surface area contributed by atoms with Gasteiger partial charge in [-0.2, -0.15) is 0 Å². The monoisotopic (exact) mass is 313 g/mol. The van der Waals surface area contributed by atoms with Crippen LogP contribution in [0.1, 0.15) is 27.7 Å². The first kappa shape index (κ1) is 17.6. The molecule has 1 aromatic carbocycles. The standard InChI is InChI=1S/C14H23N3O3S/c1-11(18)17-12-5-7-13(8-6-12)21(19,20)16-10-9-15-14(2,3)4/h5-8,15-16H,9-10H2,1-4H3,(H,17,18). The van der Waals surface area contributed by atoms with E-state index in [-0.39, 0.29) is 16.3 Å². The minimum Gasteiger partial charge on any atom is -0.326 e. The number of rotatable bonds is 6. The Morgan fingerprint density at radius 3 is 2.14 bits per heavy atom. The number of benzene rings is 1. The van der Waals surface area contributed by atoms with Crippen LogP contribution in [0.25, 0.3) is 0 Å². The molecule has 0 aliphatic heterocycles. The molecule has 0 aromatic heterocycles. The molecule has 0 saturated heterocycles. The molecule has 3 N–H and O–H groups in total. The van der Waals surface area contributed by atoms with Crippen molar-refractivity contribution in [3.63, 3.8) is 0 Å². The van der Waals surface area contributed by atoms with Crippen LogP contribution in [-0.4, -0.2) is 33.0 Å². The van der Waals surface area contributed by atoms with Crippen molar-refractivity contribution in [1.82, 2.24) is 10.0 Å². The van der Waals surface area contributed by atoms with Crippen molar-refractivity contribution >= 4 is 21.6 Å². The van der Waals surface area contributed by atoms with Crippen LogP contribution >= 0.6 is 0 Å².